The Kier molecular flexibility index (Phi) is 5.19. The summed E-state index contributed by atoms with van der Waals surface area (Å²) >= 11 is 0. The summed E-state index contributed by atoms with van der Waals surface area (Å²) < 4.78 is 37.6. The minimum atomic E-state index is -4.46. The Morgan fingerprint density at radius 1 is 1.42 bits per heavy atom. The molecule has 1 rings (SSSR count). The molecule has 0 aliphatic carbocycles. The fraction of sp³-hybridized carbons (Fsp3) is 0.462. The van der Waals surface area contributed by atoms with Crippen LogP contribution in [0.4, 0.5) is 18.9 Å². The number of nitriles is 1. The summed E-state index contributed by atoms with van der Waals surface area (Å²) in [6.45, 7) is 1.87. The predicted octanol–water partition coefficient (Wildman–Crippen LogP) is 3.15. The minimum absolute atomic E-state index is 0.0198. The predicted molar refractivity (Wildman–Crippen MR) is 65.6 cm³/mol. The number of aliphatic hydroxyl groups excluding tert-OH is 1. The Morgan fingerprint density at radius 2 is 2.11 bits per heavy atom. The van der Waals surface area contributed by atoms with Gasteiger partial charge in [-0.05, 0) is 31.0 Å². The lowest BCUT2D eigenvalue weighted by Gasteiger charge is -2.18. The Bertz CT molecular complexity index is 466. The first-order chi connectivity index (χ1) is 8.92. The summed E-state index contributed by atoms with van der Waals surface area (Å²) in [4.78, 5) is 0. The molecule has 0 heterocycles. The van der Waals surface area contributed by atoms with Crippen LogP contribution in [0.1, 0.15) is 30.9 Å². The highest BCUT2D eigenvalue weighted by Gasteiger charge is 2.31. The van der Waals surface area contributed by atoms with Gasteiger partial charge in [0.1, 0.15) is 6.07 Å². The molecule has 0 bridgehead atoms. The molecule has 0 aliphatic rings. The van der Waals surface area contributed by atoms with Gasteiger partial charge in [-0.3, -0.25) is 0 Å². The van der Waals surface area contributed by atoms with Gasteiger partial charge in [0.05, 0.1) is 16.8 Å². The van der Waals surface area contributed by atoms with Crippen LogP contribution in [0.15, 0.2) is 18.2 Å². The number of hydrogen-bond acceptors (Lipinski definition) is 3. The van der Waals surface area contributed by atoms with Crippen LogP contribution in [0.5, 0.6) is 0 Å². The van der Waals surface area contributed by atoms with Crippen molar-refractivity contribution in [1.82, 2.24) is 0 Å². The summed E-state index contributed by atoms with van der Waals surface area (Å²) in [5, 5.41) is 20.8. The maximum absolute atomic E-state index is 12.5. The average Bonchev–Trinajstić information content (AvgIpc) is 2.37. The molecule has 3 nitrogen and oxygen atoms in total. The van der Waals surface area contributed by atoms with E-state index in [1.807, 2.05) is 6.92 Å². The normalized spacial score (nSPS) is 12.8. The molecule has 0 aromatic heterocycles. The second kappa shape index (κ2) is 6.43. The highest BCUT2D eigenvalue weighted by Crippen LogP contribution is 2.31. The molecule has 6 heteroatoms. The molecular weight excluding hydrogens is 257 g/mol. The third-order valence-corrected chi connectivity index (χ3v) is 2.80. The highest BCUT2D eigenvalue weighted by molar-refractivity contribution is 5.59. The molecule has 0 fully saturated rings. The first-order valence-corrected chi connectivity index (χ1v) is 5.91. The van der Waals surface area contributed by atoms with Crippen LogP contribution >= 0.6 is 0 Å². The summed E-state index contributed by atoms with van der Waals surface area (Å²) in [5.41, 5.74) is -0.535. The molecule has 104 valence electrons. The van der Waals surface area contributed by atoms with Crippen LogP contribution in [-0.4, -0.2) is 17.8 Å². The van der Waals surface area contributed by atoms with Crippen LogP contribution in [-0.2, 0) is 6.18 Å². The Balaban J connectivity index is 3.00. The fourth-order valence-corrected chi connectivity index (χ4v) is 1.69. The van der Waals surface area contributed by atoms with E-state index in [4.69, 9.17) is 10.4 Å². The lowest BCUT2D eigenvalue weighted by atomic mass is 10.1. The van der Waals surface area contributed by atoms with E-state index in [0.29, 0.717) is 18.5 Å². The summed E-state index contributed by atoms with van der Waals surface area (Å²) in [6, 6.07) is 4.70. The Morgan fingerprint density at radius 3 is 2.58 bits per heavy atom. The summed E-state index contributed by atoms with van der Waals surface area (Å²) in [7, 11) is 0. The summed E-state index contributed by atoms with van der Waals surface area (Å²) in [5.74, 6) is 0. The third kappa shape index (κ3) is 4.14. The van der Waals surface area contributed by atoms with Gasteiger partial charge in [0.2, 0.25) is 0 Å². The van der Waals surface area contributed by atoms with Crippen molar-refractivity contribution in [3.63, 3.8) is 0 Å². The van der Waals surface area contributed by atoms with Gasteiger partial charge in [0.25, 0.3) is 0 Å². The Labute approximate surface area is 109 Å². The van der Waals surface area contributed by atoms with Crippen molar-refractivity contribution in [1.29, 1.82) is 5.26 Å². The van der Waals surface area contributed by atoms with E-state index in [9.17, 15) is 13.2 Å². The molecular formula is C13H15F3N2O. The zero-order valence-corrected chi connectivity index (χ0v) is 10.5. The van der Waals surface area contributed by atoms with Gasteiger partial charge in [0.15, 0.2) is 0 Å². The smallest absolute Gasteiger partial charge is 0.396 e. The van der Waals surface area contributed by atoms with Crippen LogP contribution in [0.25, 0.3) is 0 Å². The largest absolute Gasteiger partial charge is 0.416 e. The van der Waals surface area contributed by atoms with Crippen molar-refractivity contribution in [2.75, 3.05) is 11.9 Å². The highest BCUT2D eigenvalue weighted by atomic mass is 19.4. The average molecular weight is 272 g/mol. The van der Waals surface area contributed by atoms with Crippen molar-refractivity contribution in [2.24, 2.45) is 0 Å². The molecule has 0 spiro atoms. The van der Waals surface area contributed by atoms with E-state index in [1.165, 1.54) is 6.07 Å². The maximum Gasteiger partial charge on any atom is 0.416 e. The van der Waals surface area contributed by atoms with E-state index >= 15 is 0 Å². The standard InChI is InChI=1S/C13H15F3N2O/c1-2-11(5-6-19)18-12-4-3-10(13(14,15)16)7-9(12)8-17/h3-4,7,11,18-19H,2,5-6H2,1H3. The number of aliphatic hydroxyl groups is 1. The van der Waals surface area contributed by atoms with Crippen molar-refractivity contribution >= 4 is 5.69 Å². The van der Waals surface area contributed by atoms with E-state index in [-0.39, 0.29) is 18.2 Å². The van der Waals surface area contributed by atoms with E-state index in [2.05, 4.69) is 5.32 Å². The van der Waals surface area contributed by atoms with Gasteiger partial charge >= 0.3 is 6.18 Å². The van der Waals surface area contributed by atoms with Crippen LogP contribution in [0, 0.1) is 11.3 Å². The number of benzene rings is 1. The molecule has 0 amide bonds. The molecule has 1 aromatic rings. The number of anilines is 1. The molecule has 0 saturated carbocycles. The van der Waals surface area contributed by atoms with Crippen molar-refractivity contribution in [2.45, 2.75) is 32.0 Å². The number of halogens is 3. The molecule has 1 unspecified atom stereocenters. The molecule has 1 atom stereocenters. The zero-order chi connectivity index (χ0) is 14.5. The number of hydrogen-bond donors (Lipinski definition) is 2. The number of nitrogens with one attached hydrogen (secondary N) is 1. The second-order valence-corrected chi connectivity index (χ2v) is 4.13. The van der Waals surface area contributed by atoms with Crippen LogP contribution in [0.3, 0.4) is 0 Å². The van der Waals surface area contributed by atoms with Gasteiger partial charge in [-0.25, -0.2) is 0 Å². The second-order valence-electron chi connectivity index (χ2n) is 4.13. The number of nitrogens with zero attached hydrogens (tertiary/aromatic N) is 1. The van der Waals surface area contributed by atoms with E-state index < -0.39 is 11.7 Å². The molecule has 0 aliphatic heterocycles. The van der Waals surface area contributed by atoms with Crippen LogP contribution < -0.4 is 5.32 Å². The first-order valence-electron chi connectivity index (χ1n) is 5.91. The Hall–Kier alpha value is -1.74. The van der Waals surface area contributed by atoms with Gasteiger partial charge < -0.3 is 10.4 Å². The molecule has 2 N–H and O–H groups in total. The topological polar surface area (TPSA) is 56.0 Å². The lowest BCUT2D eigenvalue weighted by Crippen LogP contribution is -2.20. The minimum Gasteiger partial charge on any atom is -0.396 e. The SMILES string of the molecule is CCC(CCO)Nc1ccc(C(F)(F)F)cc1C#N. The first kappa shape index (κ1) is 15.3. The molecule has 0 saturated heterocycles. The van der Waals surface area contributed by atoms with Crippen molar-refractivity contribution < 1.29 is 18.3 Å². The maximum atomic E-state index is 12.5. The zero-order valence-electron chi connectivity index (χ0n) is 10.5. The third-order valence-electron chi connectivity index (χ3n) is 2.80. The van der Waals surface area contributed by atoms with Gasteiger partial charge in [0, 0.05) is 12.6 Å². The van der Waals surface area contributed by atoms with Crippen molar-refractivity contribution in [3.8, 4) is 6.07 Å². The van der Waals surface area contributed by atoms with Gasteiger partial charge in [-0.15, -0.1) is 0 Å². The molecule has 0 radical (unpaired) electrons. The molecule has 19 heavy (non-hydrogen) atoms. The van der Waals surface area contributed by atoms with E-state index in [0.717, 1.165) is 12.1 Å². The van der Waals surface area contributed by atoms with Gasteiger partial charge in [-0.2, -0.15) is 18.4 Å². The summed E-state index contributed by atoms with van der Waals surface area (Å²) in [6.07, 6.45) is -3.28. The quantitative estimate of drug-likeness (QED) is 0.865. The monoisotopic (exact) mass is 272 g/mol. The van der Waals surface area contributed by atoms with Gasteiger partial charge in [-0.1, -0.05) is 6.92 Å². The molecule has 1 aromatic carbocycles. The number of rotatable bonds is 5. The lowest BCUT2D eigenvalue weighted by molar-refractivity contribution is -0.137. The van der Waals surface area contributed by atoms with E-state index in [1.54, 1.807) is 6.07 Å². The number of alkyl halides is 3. The van der Waals surface area contributed by atoms with Crippen LogP contribution in [0.2, 0.25) is 0 Å². The van der Waals surface area contributed by atoms with Crippen molar-refractivity contribution in [3.05, 3.63) is 29.3 Å². The fourth-order valence-electron chi connectivity index (χ4n) is 1.69.